The van der Waals surface area contributed by atoms with E-state index in [9.17, 15) is 22.4 Å². The molecular weight excluding hydrogens is 410 g/mol. The van der Waals surface area contributed by atoms with Crippen LogP contribution in [0.1, 0.15) is 32.6 Å². The number of aldehydes is 1. The van der Waals surface area contributed by atoms with E-state index in [-0.39, 0.29) is 5.56 Å². The number of hydrogen-bond donors (Lipinski definition) is 1. The molecule has 0 saturated heterocycles. The number of aromatic nitrogens is 1. The van der Waals surface area contributed by atoms with Crippen molar-refractivity contribution in [1.82, 2.24) is 4.98 Å². The summed E-state index contributed by atoms with van der Waals surface area (Å²) in [6, 6.07) is 11.7. The first kappa shape index (κ1) is 22.4. The predicted molar refractivity (Wildman–Crippen MR) is 111 cm³/mol. The molecule has 0 radical (unpaired) electrons. The smallest absolute Gasteiger partial charge is 0.333 e. The molecule has 1 aliphatic heterocycles. The summed E-state index contributed by atoms with van der Waals surface area (Å²) in [5.41, 5.74) is 6.60. The number of nitrogens with two attached hydrogens (primary N) is 1. The molecule has 31 heavy (non-hydrogen) atoms. The average Bonchev–Trinajstić information content (AvgIpc) is 3.19. The summed E-state index contributed by atoms with van der Waals surface area (Å²) in [6.45, 7) is 0.541. The number of benzene rings is 2. The van der Waals surface area contributed by atoms with Crippen LogP contribution in [0, 0.1) is 5.82 Å². The van der Waals surface area contributed by atoms with Gasteiger partial charge in [0.05, 0.1) is 11.1 Å². The number of anilines is 2. The van der Waals surface area contributed by atoms with E-state index in [1.807, 2.05) is 4.90 Å². The third kappa shape index (κ3) is 4.74. The van der Waals surface area contributed by atoms with E-state index in [4.69, 9.17) is 0 Å². The predicted octanol–water partition coefficient (Wildman–Crippen LogP) is 4.91. The number of hydrogen-bond acceptors (Lipinski definition) is 4. The van der Waals surface area contributed by atoms with E-state index in [2.05, 4.69) is 10.7 Å². The Morgan fingerprint density at radius 1 is 1.10 bits per heavy atom. The lowest BCUT2D eigenvalue weighted by atomic mass is 10.0. The number of nitrogens with zero attached hydrogens (tertiary/aromatic N) is 2. The van der Waals surface area contributed by atoms with Crippen LogP contribution in [0.25, 0.3) is 0 Å². The summed E-state index contributed by atoms with van der Waals surface area (Å²) in [4.78, 5) is 17.5. The van der Waals surface area contributed by atoms with Crippen molar-refractivity contribution in [3.63, 3.8) is 0 Å². The molecule has 0 atom stereocenters. The summed E-state index contributed by atoms with van der Waals surface area (Å²) < 4.78 is 52.7. The van der Waals surface area contributed by atoms with Crippen molar-refractivity contribution in [2.75, 3.05) is 18.5 Å². The van der Waals surface area contributed by atoms with Crippen molar-refractivity contribution >= 4 is 17.8 Å². The number of alkyl halides is 3. The van der Waals surface area contributed by atoms with Crippen molar-refractivity contribution in [3.8, 4) is 0 Å². The summed E-state index contributed by atoms with van der Waals surface area (Å²) in [7, 11) is 1.50. The highest BCUT2D eigenvalue weighted by Crippen LogP contribution is 2.36. The average molecular weight is 431 g/mol. The van der Waals surface area contributed by atoms with Gasteiger partial charge in [-0.25, -0.2) is 9.37 Å². The molecule has 0 unspecified atom stereocenters. The van der Waals surface area contributed by atoms with Crippen LogP contribution < -0.4 is 10.6 Å². The van der Waals surface area contributed by atoms with Crippen LogP contribution in [0.3, 0.4) is 0 Å². The maximum atomic E-state index is 13.9. The van der Waals surface area contributed by atoms with E-state index in [0.29, 0.717) is 42.6 Å². The molecule has 1 aromatic heterocycles. The first-order valence-corrected chi connectivity index (χ1v) is 9.59. The van der Waals surface area contributed by atoms with Crippen LogP contribution in [0.2, 0.25) is 0 Å². The Kier molecular flexibility index (Phi) is 6.70. The number of halogens is 4. The van der Waals surface area contributed by atoms with E-state index in [1.54, 1.807) is 30.5 Å². The van der Waals surface area contributed by atoms with Gasteiger partial charge in [-0.3, -0.25) is 4.79 Å². The van der Waals surface area contributed by atoms with Gasteiger partial charge in [-0.15, -0.1) is 0 Å². The fourth-order valence-corrected chi connectivity index (χ4v) is 3.66. The van der Waals surface area contributed by atoms with Crippen LogP contribution in [0.5, 0.6) is 0 Å². The molecule has 162 valence electrons. The van der Waals surface area contributed by atoms with Gasteiger partial charge in [0.15, 0.2) is 6.29 Å². The number of pyridine rings is 1. The van der Waals surface area contributed by atoms with Crippen LogP contribution in [-0.2, 0) is 19.0 Å². The SMILES string of the molecule is CN.O=Cc1c(F)ccc2c1CCN2c1cc(Cc2cccc(C(F)(F)F)c2)ccn1. The molecule has 2 N–H and O–H groups in total. The Morgan fingerprint density at radius 3 is 2.55 bits per heavy atom. The molecule has 1 aliphatic rings. The van der Waals surface area contributed by atoms with Gasteiger partial charge >= 0.3 is 6.18 Å². The standard InChI is InChI=1S/C22H16F4N2O.CH5N/c23-19-4-5-20-17(18(19)13-29)7-9-28(20)21-12-15(6-8-27-21)10-14-2-1-3-16(11-14)22(24,25)26;1-2/h1-6,8,11-13H,7,9-10H2;2H2,1H3. The van der Waals surface area contributed by atoms with Crippen molar-refractivity contribution in [1.29, 1.82) is 0 Å². The summed E-state index contributed by atoms with van der Waals surface area (Å²) in [5.74, 6) is 0.0588. The van der Waals surface area contributed by atoms with E-state index < -0.39 is 17.6 Å². The molecule has 0 aliphatic carbocycles. The van der Waals surface area contributed by atoms with Gasteiger partial charge in [-0.1, -0.05) is 18.2 Å². The lowest BCUT2D eigenvalue weighted by Crippen LogP contribution is -2.15. The number of carbonyl (C=O) groups is 1. The molecule has 0 bridgehead atoms. The van der Waals surface area contributed by atoms with Crippen molar-refractivity contribution < 1.29 is 22.4 Å². The largest absolute Gasteiger partial charge is 0.416 e. The van der Waals surface area contributed by atoms with Crippen molar-refractivity contribution in [2.45, 2.75) is 19.0 Å². The van der Waals surface area contributed by atoms with Crippen LogP contribution in [0.4, 0.5) is 29.1 Å². The van der Waals surface area contributed by atoms with Crippen LogP contribution in [0.15, 0.2) is 54.7 Å². The molecule has 0 amide bonds. The zero-order valence-electron chi connectivity index (χ0n) is 16.8. The van der Waals surface area contributed by atoms with Gasteiger partial charge in [-0.2, -0.15) is 13.2 Å². The first-order valence-electron chi connectivity index (χ1n) is 9.59. The molecule has 0 fully saturated rings. The first-order chi connectivity index (χ1) is 14.9. The normalized spacial score (nSPS) is 12.8. The second kappa shape index (κ2) is 9.26. The third-order valence-electron chi connectivity index (χ3n) is 5.02. The maximum absolute atomic E-state index is 13.9. The summed E-state index contributed by atoms with van der Waals surface area (Å²) >= 11 is 0. The molecule has 0 saturated carbocycles. The monoisotopic (exact) mass is 431 g/mol. The fraction of sp³-hybridized carbons (Fsp3) is 0.217. The van der Waals surface area contributed by atoms with Crippen LogP contribution >= 0.6 is 0 Å². The van der Waals surface area contributed by atoms with E-state index >= 15 is 0 Å². The van der Waals surface area contributed by atoms with E-state index in [0.717, 1.165) is 23.4 Å². The molecular formula is C23H21F4N3O. The van der Waals surface area contributed by atoms with Gasteiger partial charge in [0.25, 0.3) is 0 Å². The topological polar surface area (TPSA) is 59.2 Å². The van der Waals surface area contributed by atoms with Crippen molar-refractivity contribution in [3.05, 3.63) is 88.4 Å². The minimum Gasteiger partial charge on any atom is -0.333 e. The Morgan fingerprint density at radius 2 is 1.84 bits per heavy atom. The third-order valence-corrected chi connectivity index (χ3v) is 5.02. The molecule has 4 rings (SSSR count). The number of fused-ring (bicyclic) bond motifs is 1. The quantitative estimate of drug-likeness (QED) is 0.471. The summed E-state index contributed by atoms with van der Waals surface area (Å²) in [5, 5.41) is 0. The number of carbonyl (C=O) groups excluding carboxylic acids is 1. The Bertz CT molecular complexity index is 1080. The zero-order valence-corrected chi connectivity index (χ0v) is 16.8. The van der Waals surface area contributed by atoms with Gasteiger partial charge in [0, 0.05) is 18.4 Å². The van der Waals surface area contributed by atoms with Crippen LogP contribution in [-0.4, -0.2) is 24.9 Å². The molecule has 8 heteroatoms. The van der Waals surface area contributed by atoms with Gasteiger partial charge in [0.1, 0.15) is 11.6 Å². The highest BCUT2D eigenvalue weighted by molar-refractivity contribution is 5.84. The molecule has 2 heterocycles. The Labute approximate surface area is 177 Å². The minimum absolute atomic E-state index is 0.0603. The second-order valence-electron chi connectivity index (χ2n) is 6.88. The minimum atomic E-state index is -4.38. The molecule has 3 aromatic rings. The lowest BCUT2D eigenvalue weighted by molar-refractivity contribution is -0.137. The zero-order chi connectivity index (χ0) is 22.6. The molecule has 2 aromatic carbocycles. The highest BCUT2D eigenvalue weighted by Gasteiger charge is 2.30. The number of rotatable bonds is 4. The highest BCUT2D eigenvalue weighted by atomic mass is 19.4. The molecule has 4 nitrogen and oxygen atoms in total. The Balaban J connectivity index is 0.00000132. The second-order valence-corrected chi connectivity index (χ2v) is 6.88. The lowest BCUT2D eigenvalue weighted by Gasteiger charge is -2.19. The van der Waals surface area contributed by atoms with Gasteiger partial charge in [-0.05, 0) is 66.9 Å². The van der Waals surface area contributed by atoms with Crippen molar-refractivity contribution in [2.24, 2.45) is 5.73 Å². The Hall–Kier alpha value is -3.26. The summed E-state index contributed by atoms with van der Waals surface area (Å²) in [6.07, 6.45) is -1.43. The maximum Gasteiger partial charge on any atom is 0.416 e. The van der Waals surface area contributed by atoms with Gasteiger partial charge < -0.3 is 10.6 Å². The van der Waals surface area contributed by atoms with E-state index in [1.165, 1.54) is 19.2 Å². The molecule has 0 spiro atoms. The van der Waals surface area contributed by atoms with Gasteiger partial charge in [0.2, 0.25) is 0 Å². The fourth-order valence-electron chi connectivity index (χ4n) is 3.66.